The number of carbonyl (C=O) groups excluding carboxylic acids is 2. The van der Waals surface area contributed by atoms with Crippen LogP contribution in [0.3, 0.4) is 0 Å². The van der Waals surface area contributed by atoms with Crippen LogP contribution in [0.4, 0.5) is 5.82 Å². The third kappa shape index (κ3) is 10.6. The first-order chi connectivity index (χ1) is 20.0. The van der Waals surface area contributed by atoms with Gasteiger partial charge in [-0.1, -0.05) is 44.7 Å². The van der Waals surface area contributed by atoms with Crippen molar-refractivity contribution in [3.05, 3.63) is 62.8 Å². The molecule has 0 spiro atoms. The average molecular weight is 587 g/mol. The van der Waals surface area contributed by atoms with E-state index >= 15 is 0 Å². The van der Waals surface area contributed by atoms with Gasteiger partial charge >= 0.3 is 17.6 Å². The van der Waals surface area contributed by atoms with E-state index < -0.39 is 34.7 Å². The number of benzene rings is 1. The molecule has 0 unspecified atom stereocenters. The number of carboxylic acids is 1. The van der Waals surface area contributed by atoms with Crippen LogP contribution in [0.15, 0.2) is 46.0 Å². The van der Waals surface area contributed by atoms with Crippen LogP contribution in [-0.2, 0) is 27.3 Å². The molecule has 0 amide bonds. The number of anilines is 1. The van der Waals surface area contributed by atoms with Gasteiger partial charge in [0.15, 0.2) is 5.60 Å². The smallest absolute Gasteiger partial charge is 0.355 e. The predicted molar refractivity (Wildman–Crippen MR) is 158 cm³/mol. The van der Waals surface area contributed by atoms with Crippen LogP contribution in [-0.4, -0.2) is 56.1 Å². The summed E-state index contributed by atoms with van der Waals surface area (Å²) in [5, 5.41) is 15.7. The number of aromatic nitrogens is 3. The lowest BCUT2D eigenvalue weighted by Gasteiger charge is -2.24. The molecule has 1 aromatic carbocycles. The second kappa shape index (κ2) is 16.9. The van der Waals surface area contributed by atoms with E-state index in [0.717, 1.165) is 48.3 Å². The highest BCUT2D eigenvalue weighted by Crippen LogP contribution is 2.22. The first-order valence-corrected chi connectivity index (χ1v) is 14.4. The van der Waals surface area contributed by atoms with Gasteiger partial charge < -0.3 is 19.9 Å². The Morgan fingerprint density at radius 1 is 1.02 bits per heavy atom. The van der Waals surface area contributed by atoms with Gasteiger partial charge in [-0.3, -0.25) is 14.2 Å². The number of aliphatic carboxylic acids is 1. The third-order valence-corrected chi connectivity index (χ3v) is 6.35. The molecule has 0 aliphatic heterocycles. The molecule has 0 fully saturated rings. The van der Waals surface area contributed by atoms with Crippen LogP contribution in [0.1, 0.15) is 83.0 Å². The summed E-state index contributed by atoms with van der Waals surface area (Å²) in [7, 11) is 0. The topological polar surface area (TPSA) is 159 Å². The standard InChI is InChI=1S/C30H42N4O8/c1-5-7-8-9-12-20-33-27(38)26(32-34(29(33)40)24(35)17-18-25(36)37)31-19-11-10-14-22-15-13-16-23(21-22)42-30(3,4)28(39)41-6-2/h13,15-18,21H,5-12,14,19-20H2,1-4H3,(H,31,32)(H,36,37). The fourth-order valence-corrected chi connectivity index (χ4v) is 4.12. The van der Waals surface area contributed by atoms with Gasteiger partial charge in [-0.05, 0) is 64.2 Å². The van der Waals surface area contributed by atoms with E-state index in [1.54, 1.807) is 26.8 Å². The minimum Gasteiger partial charge on any atom is -0.478 e. The highest BCUT2D eigenvalue weighted by Gasteiger charge is 2.31. The van der Waals surface area contributed by atoms with Crippen molar-refractivity contribution < 1.29 is 29.0 Å². The summed E-state index contributed by atoms with van der Waals surface area (Å²) < 4.78 is 12.4. The summed E-state index contributed by atoms with van der Waals surface area (Å²) >= 11 is 0. The monoisotopic (exact) mass is 586 g/mol. The SMILES string of the molecule is CCCCCCCn1c(=O)c(NCCCCc2cccc(OC(C)(C)C(=O)OCC)c2)nn(C(=O)C=CC(=O)O)c1=O. The van der Waals surface area contributed by atoms with Crippen molar-refractivity contribution in [1.82, 2.24) is 14.3 Å². The molecule has 12 nitrogen and oxygen atoms in total. The van der Waals surface area contributed by atoms with E-state index in [4.69, 9.17) is 14.6 Å². The molecule has 0 saturated carbocycles. The molecule has 1 heterocycles. The van der Waals surface area contributed by atoms with Crippen molar-refractivity contribution in [2.45, 2.75) is 91.2 Å². The number of unbranched alkanes of at least 4 members (excludes halogenated alkanes) is 5. The maximum Gasteiger partial charge on any atom is 0.355 e. The number of ether oxygens (including phenoxy) is 2. The number of rotatable bonds is 18. The minimum atomic E-state index is -1.35. The fraction of sp³-hybridized carbons (Fsp3) is 0.533. The zero-order chi connectivity index (χ0) is 31.1. The lowest BCUT2D eigenvalue weighted by molar-refractivity contribution is -0.158. The Labute approximate surface area is 245 Å². The molecule has 0 radical (unpaired) electrons. The molecule has 0 aliphatic carbocycles. The van der Waals surface area contributed by atoms with Crippen LogP contribution in [0, 0.1) is 0 Å². The van der Waals surface area contributed by atoms with E-state index in [1.165, 1.54) is 0 Å². The van der Waals surface area contributed by atoms with E-state index in [-0.39, 0.29) is 19.0 Å². The Balaban J connectivity index is 2.07. The van der Waals surface area contributed by atoms with Gasteiger partial charge in [-0.25, -0.2) is 14.4 Å². The minimum absolute atomic E-state index is 0.125. The molecule has 0 saturated heterocycles. The van der Waals surface area contributed by atoms with E-state index in [0.29, 0.717) is 42.3 Å². The van der Waals surface area contributed by atoms with Crippen LogP contribution < -0.4 is 21.3 Å². The second-order valence-corrected chi connectivity index (χ2v) is 10.3. The number of carboxylic acid groups (broad SMARTS) is 1. The number of carbonyl (C=O) groups is 3. The lowest BCUT2D eigenvalue weighted by Crippen LogP contribution is -2.44. The predicted octanol–water partition coefficient (Wildman–Crippen LogP) is 3.81. The van der Waals surface area contributed by atoms with Crippen molar-refractivity contribution in [2.75, 3.05) is 18.5 Å². The second-order valence-electron chi connectivity index (χ2n) is 10.3. The van der Waals surface area contributed by atoms with E-state index in [2.05, 4.69) is 17.3 Å². The van der Waals surface area contributed by atoms with Crippen molar-refractivity contribution >= 4 is 23.7 Å². The molecule has 2 aromatic rings. The average Bonchev–Trinajstić information content (AvgIpc) is 2.94. The highest BCUT2D eigenvalue weighted by molar-refractivity contribution is 5.94. The molecule has 1 aromatic heterocycles. The van der Waals surface area contributed by atoms with Gasteiger partial charge in [0.05, 0.1) is 6.61 Å². The third-order valence-electron chi connectivity index (χ3n) is 6.35. The Bertz CT molecular complexity index is 1360. The number of nitrogens with zero attached hydrogens (tertiary/aromatic N) is 3. The largest absolute Gasteiger partial charge is 0.478 e. The molecule has 2 N–H and O–H groups in total. The molecule has 0 bridgehead atoms. The number of hydrogen-bond acceptors (Lipinski definition) is 9. The lowest BCUT2D eigenvalue weighted by atomic mass is 10.1. The summed E-state index contributed by atoms with van der Waals surface area (Å²) in [4.78, 5) is 61.4. The summed E-state index contributed by atoms with van der Waals surface area (Å²) in [5.74, 6) is -2.36. The van der Waals surface area contributed by atoms with Crippen LogP contribution in [0.5, 0.6) is 5.75 Å². The van der Waals surface area contributed by atoms with Crippen molar-refractivity contribution in [3.8, 4) is 5.75 Å². The molecule has 2 rings (SSSR count). The maximum absolute atomic E-state index is 13.0. The van der Waals surface area contributed by atoms with Gasteiger partial charge in [0.1, 0.15) is 5.75 Å². The molecular weight excluding hydrogens is 544 g/mol. The molecule has 230 valence electrons. The molecule has 12 heteroatoms. The maximum atomic E-state index is 13.0. The fourth-order valence-electron chi connectivity index (χ4n) is 4.12. The van der Waals surface area contributed by atoms with E-state index in [1.807, 2.05) is 18.2 Å². The van der Waals surface area contributed by atoms with Crippen LogP contribution in [0.2, 0.25) is 0 Å². The number of hydrogen-bond donors (Lipinski definition) is 2. The molecule has 0 aliphatic rings. The summed E-state index contributed by atoms with van der Waals surface area (Å²) in [6, 6.07) is 7.43. The molecule has 42 heavy (non-hydrogen) atoms. The Morgan fingerprint density at radius 3 is 2.45 bits per heavy atom. The quantitative estimate of drug-likeness (QED) is 0.149. The zero-order valence-corrected chi connectivity index (χ0v) is 24.9. The summed E-state index contributed by atoms with van der Waals surface area (Å²) in [6.07, 6.45) is 7.88. The summed E-state index contributed by atoms with van der Waals surface area (Å²) in [5.41, 5.74) is -1.67. The Hall–Kier alpha value is -4.22. The summed E-state index contributed by atoms with van der Waals surface area (Å²) in [6.45, 7) is 7.86. The Kier molecular flexibility index (Phi) is 13.7. The van der Waals surface area contributed by atoms with Gasteiger partial charge in [0, 0.05) is 25.2 Å². The van der Waals surface area contributed by atoms with Gasteiger partial charge in [-0.15, -0.1) is 9.78 Å². The van der Waals surface area contributed by atoms with Gasteiger partial charge in [0.25, 0.3) is 11.5 Å². The van der Waals surface area contributed by atoms with Crippen molar-refractivity contribution in [3.63, 3.8) is 0 Å². The van der Waals surface area contributed by atoms with Crippen LogP contribution >= 0.6 is 0 Å². The van der Waals surface area contributed by atoms with Crippen molar-refractivity contribution in [1.29, 1.82) is 0 Å². The Morgan fingerprint density at radius 2 is 1.76 bits per heavy atom. The molecule has 0 atom stereocenters. The number of aryl methyl sites for hydroxylation is 1. The van der Waals surface area contributed by atoms with Gasteiger partial charge in [0.2, 0.25) is 5.82 Å². The van der Waals surface area contributed by atoms with E-state index in [9.17, 15) is 24.0 Å². The number of allylic oxidation sites excluding steroid dienone is 1. The zero-order valence-electron chi connectivity index (χ0n) is 24.9. The first-order valence-electron chi connectivity index (χ1n) is 14.4. The normalized spacial score (nSPS) is 11.4. The molecular formula is C30H42N4O8. The van der Waals surface area contributed by atoms with Crippen LogP contribution in [0.25, 0.3) is 0 Å². The van der Waals surface area contributed by atoms with Crippen molar-refractivity contribution in [2.24, 2.45) is 0 Å². The van der Waals surface area contributed by atoms with Gasteiger partial charge in [-0.2, -0.15) is 0 Å². The highest BCUT2D eigenvalue weighted by atomic mass is 16.6. The number of esters is 1. The first kappa shape index (κ1) is 34.0. The number of nitrogens with one attached hydrogen (secondary N) is 1.